The summed E-state index contributed by atoms with van der Waals surface area (Å²) >= 11 is 0. The van der Waals surface area contributed by atoms with Gasteiger partial charge in [-0.15, -0.1) is 0 Å². The van der Waals surface area contributed by atoms with Crippen molar-refractivity contribution in [3.05, 3.63) is 0 Å². The highest BCUT2D eigenvalue weighted by Crippen LogP contribution is 2.37. The van der Waals surface area contributed by atoms with Crippen LogP contribution in [0.5, 0.6) is 0 Å². The first kappa shape index (κ1) is 25.7. The Bertz CT molecular complexity index is 489. The average Bonchev–Trinajstić information content (AvgIpc) is 2.32. The predicted octanol–water partition coefficient (Wildman–Crippen LogP) is 4.91. The van der Waals surface area contributed by atoms with E-state index in [2.05, 4.69) is 98.4 Å². The third kappa shape index (κ3) is 9.48. The molecule has 0 radical (unpaired) electrons. The van der Waals surface area contributed by atoms with Crippen LogP contribution in [0.2, 0.25) is 0 Å². The Morgan fingerprint density at radius 1 is 0.667 bits per heavy atom. The van der Waals surface area contributed by atoms with Crippen molar-refractivity contribution in [2.45, 2.75) is 107 Å². The monoisotopic (exact) mass is 381 g/mol. The predicted molar refractivity (Wildman–Crippen MR) is 121 cm³/mol. The van der Waals surface area contributed by atoms with Crippen LogP contribution in [-0.4, -0.2) is 23.0 Å². The number of nitrogens with zero attached hydrogens (tertiary/aromatic N) is 2. The van der Waals surface area contributed by atoms with Gasteiger partial charge in [-0.25, -0.2) is 9.98 Å². The standard InChI is InChI=1S/C22H47N5/c1-15(2)19(5,6)13-21(9,10)26-17(23)25-18(24)27-22(11,12)14-20(7,8)16(3)4/h15-16H,13-14H2,1-12H3,(H5,23,24,25,26,27). The maximum atomic E-state index is 6.13. The fourth-order valence-corrected chi connectivity index (χ4v) is 3.56. The van der Waals surface area contributed by atoms with Crippen molar-refractivity contribution in [1.82, 2.24) is 5.32 Å². The summed E-state index contributed by atoms with van der Waals surface area (Å²) in [4.78, 5) is 9.34. The minimum Gasteiger partial charge on any atom is -0.370 e. The molecule has 0 spiro atoms. The van der Waals surface area contributed by atoms with Crippen molar-refractivity contribution in [2.24, 2.45) is 44.1 Å². The smallest absolute Gasteiger partial charge is 0.195 e. The first-order valence-corrected chi connectivity index (χ1v) is 10.3. The zero-order chi connectivity index (χ0) is 21.8. The van der Waals surface area contributed by atoms with Gasteiger partial charge in [0.15, 0.2) is 11.9 Å². The van der Waals surface area contributed by atoms with Gasteiger partial charge in [0.25, 0.3) is 0 Å². The van der Waals surface area contributed by atoms with Crippen molar-refractivity contribution in [2.75, 3.05) is 0 Å². The molecule has 0 aromatic rings. The molecular formula is C22H47N5. The van der Waals surface area contributed by atoms with Crippen LogP contribution in [0.4, 0.5) is 0 Å². The van der Waals surface area contributed by atoms with Gasteiger partial charge in [-0.1, -0.05) is 55.4 Å². The molecular weight excluding hydrogens is 334 g/mol. The van der Waals surface area contributed by atoms with Crippen molar-refractivity contribution in [3.8, 4) is 0 Å². The lowest BCUT2D eigenvalue weighted by Crippen LogP contribution is -2.45. The van der Waals surface area contributed by atoms with E-state index in [1.54, 1.807) is 0 Å². The molecule has 0 fully saturated rings. The number of nitrogens with two attached hydrogens (primary N) is 2. The summed E-state index contributed by atoms with van der Waals surface area (Å²) in [6, 6.07) is 0. The van der Waals surface area contributed by atoms with E-state index in [1.807, 2.05) is 0 Å². The molecule has 0 aromatic carbocycles. The second-order valence-electron chi connectivity index (χ2n) is 11.4. The van der Waals surface area contributed by atoms with Crippen molar-refractivity contribution < 1.29 is 0 Å². The largest absolute Gasteiger partial charge is 0.370 e. The molecule has 0 aliphatic rings. The third-order valence-corrected chi connectivity index (χ3v) is 6.00. The summed E-state index contributed by atoms with van der Waals surface area (Å²) in [6.07, 6.45) is 1.87. The van der Waals surface area contributed by atoms with Gasteiger partial charge in [-0.05, 0) is 63.2 Å². The van der Waals surface area contributed by atoms with Crippen LogP contribution in [-0.2, 0) is 0 Å². The SMILES string of the molecule is CC(C)C(C)(C)CC(C)(C)N=C(N)NC(N)=NC(C)(C)CC(C)(C)C(C)C. The Hall–Kier alpha value is -1.26. The van der Waals surface area contributed by atoms with E-state index < -0.39 is 0 Å². The zero-order valence-corrected chi connectivity index (χ0v) is 20.1. The number of hydrogen-bond donors (Lipinski definition) is 3. The molecule has 5 nitrogen and oxygen atoms in total. The van der Waals surface area contributed by atoms with Crippen LogP contribution in [0.3, 0.4) is 0 Å². The normalized spacial score (nSPS) is 15.6. The maximum absolute atomic E-state index is 6.13. The van der Waals surface area contributed by atoms with E-state index in [9.17, 15) is 0 Å². The molecule has 0 amide bonds. The van der Waals surface area contributed by atoms with Crippen LogP contribution in [0.1, 0.15) is 95.9 Å². The van der Waals surface area contributed by atoms with Gasteiger partial charge in [0.1, 0.15) is 0 Å². The van der Waals surface area contributed by atoms with E-state index in [0.717, 1.165) is 12.8 Å². The maximum Gasteiger partial charge on any atom is 0.195 e. The fraction of sp³-hybridized carbons (Fsp3) is 0.909. The molecule has 0 saturated heterocycles. The number of rotatable bonds is 8. The van der Waals surface area contributed by atoms with Gasteiger partial charge >= 0.3 is 0 Å². The van der Waals surface area contributed by atoms with Crippen LogP contribution in [0, 0.1) is 22.7 Å². The molecule has 0 saturated carbocycles. The Morgan fingerprint density at radius 3 is 1.15 bits per heavy atom. The summed E-state index contributed by atoms with van der Waals surface area (Å²) in [5, 5.41) is 2.98. The number of aliphatic imine (C=N–C) groups is 2. The Balaban J connectivity index is 5.19. The van der Waals surface area contributed by atoms with Crippen LogP contribution in [0.15, 0.2) is 9.98 Å². The number of hydrogen-bond acceptors (Lipinski definition) is 2. The third-order valence-electron chi connectivity index (χ3n) is 6.00. The lowest BCUT2D eigenvalue weighted by molar-refractivity contribution is 0.184. The topological polar surface area (TPSA) is 88.8 Å². The van der Waals surface area contributed by atoms with Crippen LogP contribution < -0.4 is 16.8 Å². The van der Waals surface area contributed by atoms with Gasteiger partial charge in [0.05, 0.1) is 11.1 Å². The molecule has 27 heavy (non-hydrogen) atoms. The van der Waals surface area contributed by atoms with E-state index in [4.69, 9.17) is 11.5 Å². The molecule has 0 aliphatic heterocycles. The Morgan fingerprint density at radius 2 is 0.926 bits per heavy atom. The molecule has 0 aliphatic carbocycles. The number of guanidine groups is 2. The lowest BCUT2D eigenvalue weighted by Gasteiger charge is -2.36. The van der Waals surface area contributed by atoms with E-state index in [1.165, 1.54) is 0 Å². The molecule has 5 heteroatoms. The second-order valence-corrected chi connectivity index (χ2v) is 11.4. The van der Waals surface area contributed by atoms with Crippen molar-refractivity contribution >= 4 is 11.9 Å². The van der Waals surface area contributed by atoms with Crippen LogP contribution >= 0.6 is 0 Å². The van der Waals surface area contributed by atoms with Gasteiger partial charge in [0.2, 0.25) is 0 Å². The molecule has 0 bridgehead atoms. The van der Waals surface area contributed by atoms with E-state index in [0.29, 0.717) is 23.8 Å². The lowest BCUT2D eigenvalue weighted by atomic mass is 9.73. The summed E-state index contributed by atoms with van der Waals surface area (Å²) in [7, 11) is 0. The summed E-state index contributed by atoms with van der Waals surface area (Å²) < 4.78 is 0. The average molecular weight is 382 g/mol. The van der Waals surface area contributed by atoms with Crippen molar-refractivity contribution in [1.29, 1.82) is 0 Å². The van der Waals surface area contributed by atoms with Gasteiger partial charge in [-0.3, -0.25) is 5.32 Å². The highest BCUT2D eigenvalue weighted by Gasteiger charge is 2.32. The molecule has 0 aromatic heterocycles. The van der Waals surface area contributed by atoms with Crippen molar-refractivity contribution in [3.63, 3.8) is 0 Å². The highest BCUT2D eigenvalue weighted by molar-refractivity contribution is 5.97. The Labute approximate surface area is 168 Å². The highest BCUT2D eigenvalue weighted by atomic mass is 15.2. The second kappa shape index (κ2) is 8.83. The Kier molecular flexibility index (Phi) is 8.42. The van der Waals surface area contributed by atoms with Gasteiger partial charge in [0, 0.05) is 0 Å². The minimum atomic E-state index is -0.277. The molecule has 0 rings (SSSR count). The first-order chi connectivity index (χ1) is 11.8. The number of nitrogens with one attached hydrogen (secondary N) is 1. The molecule has 0 unspecified atom stereocenters. The summed E-state index contributed by atoms with van der Waals surface area (Å²) in [5.41, 5.74) is 12.1. The van der Waals surface area contributed by atoms with E-state index in [-0.39, 0.29) is 21.9 Å². The van der Waals surface area contributed by atoms with Crippen LogP contribution in [0.25, 0.3) is 0 Å². The molecule has 0 heterocycles. The summed E-state index contributed by atoms with van der Waals surface area (Å²) in [5.74, 6) is 1.77. The fourth-order valence-electron chi connectivity index (χ4n) is 3.56. The van der Waals surface area contributed by atoms with E-state index >= 15 is 0 Å². The quantitative estimate of drug-likeness (QED) is 0.412. The minimum absolute atomic E-state index is 0.178. The zero-order valence-electron chi connectivity index (χ0n) is 20.1. The van der Waals surface area contributed by atoms with Gasteiger partial charge < -0.3 is 11.5 Å². The molecule has 5 N–H and O–H groups in total. The molecule has 0 atom stereocenters. The molecule has 160 valence electrons. The summed E-state index contributed by atoms with van der Waals surface area (Å²) in [6.45, 7) is 26.5. The van der Waals surface area contributed by atoms with Gasteiger partial charge in [-0.2, -0.15) is 0 Å². The first-order valence-electron chi connectivity index (χ1n) is 10.3.